The first-order chi connectivity index (χ1) is 9.88. The number of aliphatic carboxylic acids is 1. The van der Waals surface area contributed by atoms with E-state index in [0.717, 1.165) is 6.07 Å². The van der Waals surface area contributed by atoms with Gasteiger partial charge in [0.1, 0.15) is 5.69 Å². The fourth-order valence-electron chi connectivity index (χ4n) is 1.61. The van der Waals surface area contributed by atoms with E-state index in [9.17, 15) is 18.0 Å². The van der Waals surface area contributed by atoms with Gasteiger partial charge >= 0.3 is 12.1 Å². The van der Waals surface area contributed by atoms with Crippen molar-refractivity contribution in [3.8, 4) is 11.5 Å². The molecule has 21 heavy (non-hydrogen) atoms. The summed E-state index contributed by atoms with van der Waals surface area (Å²) in [4.78, 5) is 14.1. The Kier molecular flexibility index (Phi) is 4.15. The normalized spacial score (nSPS) is 11.6. The first-order valence-electron chi connectivity index (χ1n) is 5.89. The Morgan fingerprint density at radius 1 is 1.33 bits per heavy atom. The molecule has 112 valence electrons. The third kappa shape index (κ3) is 3.74. The summed E-state index contributed by atoms with van der Waals surface area (Å²) < 4.78 is 38.6. The summed E-state index contributed by atoms with van der Waals surface area (Å²) in [5, 5.41) is 19.3. The molecule has 0 fully saturated rings. The SMILES string of the molecule is O=C(O)CCCn1nnnc1-c1ccc(C(F)(F)F)cn1. The van der Waals surface area contributed by atoms with Crippen molar-refractivity contribution in [1.82, 2.24) is 25.2 Å². The van der Waals surface area contributed by atoms with Crippen LogP contribution in [-0.2, 0) is 17.5 Å². The van der Waals surface area contributed by atoms with Gasteiger partial charge in [-0.3, -0.25) is 9.78 Å². The number of hydrogen-bond acceptors (Lipinski definition) is 5. The first-order valence-corrected chi connectivity index (χ1v) is 5.89. The van der Waals surface area contributed by atoms with Crippen molar-refractivity contribution in [2.24, 2.45) is 0 Å². The molecule has 2 heterocycles. The zero-order valence-electron chi connectivity index (χ0n) is 10.6. The van der Waals surface area contributed by atoms with E-state index in [4.69, 9.17) is 5.11 Å². The number of tetrazole rings is 1. The zero-order valence-corrected chi connectivity index (χ0v) is 10.6. The second kappa shape index (κ2) is 5.85. The Bertz CT molecular complexity index is 624. The summed E-state index contributed by atoms with van der Waals surface area (Å²) in [5.41, 5.74) is -0.681. The maximum atomic E-state index is 12.4. The van der Waals surface area contributed by atoms with Gasteiger partial charge in [0, 0.05) is 19.2 Å². The number of alkyl halides is 3. The smallest absolute Gasteiger partial charge is 0.417 e. The van der Waals surface area contributed by atoms with E-state index in [2.05, 4.69) is 20.5 Å². The maximum absolute atomic E-state index is 12.4. The van der Waals surface area contributed by atoms with E-state index in [1.807, 2.05) is 0 Å². The summed E-state index contributed by atoms with van der Waals surface area (Å²) >= 11 is 0. The summed E-state index contributed by atoms with van der Waals surface area (Å²) in [6.45, 7) is 0.233. The Labute approximate surface area is 116 Å². The molecule has 0 amide bonds. The van der Waals surface area contributed by atoms with Crippen LogP contribution in [0.3, 0.4) is 0 Å². The first kappa shape index (κ1) is 14.9. The van der Waals surface area contributed by atoms with E-state index in [0.29, 0.717) is 12.6 Å². The van der Waals surface area contributed by atoms with Crippen LogP contribution in [0.2, 0.25) is 0 Å². The highest BCUT2D eigenvalue weighted by Crippen LogP contribution is 2.29. The van der Waals surface area contributed by atoms with E-state index >= 15 is 0 Å². The second-order valence-corrected chi connectivity index (χ2v) is 4.15. The van der Waals surface area contributed by atoms with Crippen molar-refractivity contribution in [2.45, 2.75) is 25.6 Å². The second-order valence-electron chi connectivity index (χ2n) is 4.15. The Hall–Kier alpha value is -2.52. The highest BCUT2D eigenvalue weighted by molar-refractivity contribution is 5.66. The molecule has 0 aliphatic carbocycles. The summed E-state index contributed by atoms with van der Waals surface area (Å²) in [6.07, 6.45) is -3.52. The average Bonchev–Trinajstić information content (AvgIpc) is 2.86. The minimum absolute atomic E-state index is 0.0558. The number of nitrogens with zero attached hydrogens (tertiary/aromatic N) is 5. The van der Waals surface area contributed by atoms with Crippen molar-refractivity contribution in [2.75, 3.05) is 0 Å². The Balaban J connectivity index is 2.15. The summed E-state index contributed by atoms with van der Waals surface area (Å²) in [7, 11) is 0. The minimum atomic E-state index is -4.46. The Morgan fingerprint density at radius 3 is 2.67 bits per heavy atom. The van der Waals surface area contributed by atoms with Crippen LogP contribution < -0.4 is 0 Å². The van der Waals surface area contributed by atoms with Crippen molar-refractivity contribution in [3.63, 3.8) is 0 Å². The average molecular weight is 301 g/mol. The van der Waals surface area contributed by atoms with Gasteiger partial charge in [0.05, 0.1) is 5.56 Å². The largest absolute Gasteiger partial charge is 0.481 e. The number of carbonyl (C=O) groups is 1. The van der Waals surface area contributed by atoms with Crippen LogP contribution in [0.15, 0.2) is 18.3 Å². The van der Waals surface area contributed by atoms with Crippen LogP contribution in [0.25, 0.3) is 11.5 Å². The fraction of sp³-hybridized carbons (Fsp3) is 0.364. The predicted octanol–water partition coefficient (Wildman–Crippen LogP) is 1.62. The molecule has 0 spiro atoms. The van der Waals surface area contributed by atoms with Crippen molar-refractivity contribution >= 4 is 5.97 Å². The standard InChI is InChI=1S/C11H10F3N5O2/c12-11(13,14)7-3-4-8(15-6-7)10-16-17-18-19(10)5-1-2-9(20)21/h3-4,6H,1-2,5H2,(H,20,21). The van der Waals surface area contributed by atoms with Gasteiger partial charge in [-0.2, -0.15) is 13.2 Å². The quantitative estimate of drug-likeness (QED) is 0.902. The summed E-state index contributed by atoms with van der Waals surface area (Å²) in [5.74, 6) is -0.758. The van der Waals surface area contributed by atoms with E-state index < -0.39 is 17.7 Å². The number of aromatic nitrogens is 5. The molecule has 0 radical (unpaired) electrons. The van der Waals surface area contributed by atoms with Gasteiger partial charge in [0.2, 0.25) is 5.82 Å². The molecule has 2 aromatic rings. The molecule has 0 aromatic carbocycles. The maximum Gasteiger partial charge on any atom is 0.417 e. The molecule has 0 aliphatic heterocycles. The minimum Gasteiger partial charge on any atom is -0.481 e. The number of rotatable bonds is 5. The fourth-order valence-corrected chi connectivity index (χ4v) is 1.61. The number of halogens is 3. The lowest BCUT2D eigenvalue weighted by atomic mass is 10.2. The molecule has 0 saturated heterocycles. The molecule has 0 unspecified atom stereocenters. The molecular formula is C11H10F3N5O2. The predicted molar refractivity (Wildman–Crippen MR) is 62.9 cm³/mol. The van der Waals surface area contributed by atoms with Gasteiger partial charge in [-0.15, -0.1) is 5.10 Å². The number of hydrogen-bond donors (Lipinski definition) is 1. The summed E-state index contributed by atoms with van der Waals surface area (Å²) in [6, 6.07) is 2.06. The number of carboxylic acids is 1. The molecule has 0 saturated carbocycles. The van der Waals surface area contributed by atoms with Gasteiger partial charge in [-0.25, -0.2) is 4.68 Å². The highest BCUT2D eigenvalue weighted by atomic mass is 19.4. The number of carboxylic acid groups (broad SMARTS) is 1. The Morgan fingerprint density at radius 2 is 2.10 bits per heavy atom. The van der Waals surface area contributed by atoms with Crippen molar-refractivity contribution < 1.29 is 23.1 Å². The third-order valence-corrected chi connectivity index (χ3v) is 2.61. The monoisotopic (exact) mass is 301 g/mol. The van der Waals surface area contributed by atoms with Gasteiger partial charge in [-0.05, 0) is 29.0 Å². The van der Waals surface area contributed by atoms with Crippen LogP contribution in [0.5, 0.6) is 0 Å². The zero-order chi connectivity index (χ0) is 15.5. The number of pyridine rings is 1. The molecule has 2 aromatic heterocycles. The van der Waals surface area contributed by atoms with Crippen LogP contribution in [0, 0.1) is 0 Å². The van der Waals surface area contributed by atoms with Crippen LogP contribution in [0.4, 0.5) is 13.2 Å². The van der Waals surface area contributed by atoms with E-state index in [-0.39, 0.29) is 24.5 Å². The van der Waals surface area contributed by atoms with E-state index in [1.54, 1.807) is 0 Å². The molecule has 0 aliphatic rings. The van der Waals surface area contributed by atoms with Crippen molar-refractivity contribution in [3.05, 3.63) is 23.9 Å². The molecule has 0 bridgehead atoms. The van der Waals surface area contributed by atoms with Gasteiger partial charge in [0.15, 0.2) is 0 Å². The van der Waals surface area contributed by atoms with Gasteiger partial charge in [0.25, 0.3) is 0 Å². The third-order valence-electron chi connectivity index (χ3n) is 2.61. The lowest BCUT2D eigenvalue weighted by Crippen LogP contribution is -2.08. The van der Waals surface area contributed by atoms with Gasteiger partial charge < -0.3 is 5.11 Å². The molecule has 0 atom stereocenters. The lowest BCUT2D eigenvalue weighted by Gasteiger charge is -2.07. The molecule has 1 N–H and O–H groups in total. The van der Waals surface area contributed by atoms with Gasteiger partial charge in [-0.1, -0.05) is 0 Å². The molecule has 7 nitrogen and oxygen atoms in total. The van der Waals surface area contributed by atoms with E-state index in [1.165, 1.54) is 10.7 Å². The van der Waals surface area contributed by atoms with Crippen molar-refractivity contribution in [1.29, 1.82) is 0 Å². The van der Waals surface area contributed by atoms with Crippen LogP contribution >= 0.6 is 0 Å². The molecule has 2 rings (SSSR count). The topological polar surface area (TPSA) is 93.8 Å². The lowest BCUT2D eigenvalue weighted by molar-refractivity contribution is -0.138. The molecular weight excluding hydrogens is 291 g/mol. The number of aryl methyl sites for hydroxylation is 1. The van der Waals surface area contributed by atoms with Crippen LogP contribution in [0.1, 0.15) is 18.4 Å². The molecule has 10 heteroatoms. The van der Waals surface area contributed by atoms with Crippen LogP contribution in [-0.4, -0.2) is 36.3 Å². The highest BCUT2D eigenvalue weighted by Gasteiger charge is 2.30.